The molecule has 0 aliphatic carbocycles. The Labute approximate surface area is 167 Å². The van der Waals surface area contributed by atoms with Gasteiger partial charge in [0, 0.05) is 32.4 Å². The summed E-state index contributed by atoms with van der Waals surface area (Å²) in [5.74, 6) is 0.142. The Morgan fingerprint density at radius 1 is 1.07 bits per heavy atom. The number of urea groups is 1. The first-order valence-electron chi connectivity index (χ1n) is 9.92. The summed E-state index contributed by atoms with van der Waals surface area (Å²) in [5, 5.41) is 4.59. The van der Waals surface area contributed by atoms with Gasteiger partial charge in [0.25, 0.3) is 0 Å². The van der Waals surface area contributed by atoms with Gasteiger partial charge in [-0.05, 0) is 43.7 Å². The number of rotatable bonds is 5. The van der Waals surface area contributed by atoms with Crippen LogP contribution < -0.4 is 15.5 Å². The minimum atomic E-state index is -4.48. The second-order valence-electron chi connectivity index (χ2n) is 7.42. The van der Waals surface area contributed by atoms with Crippen molar-refractivity contribution in [2.75, 3.05) is 31.1 Å². The Kier molecular flexibility index (Phi) is 6.81. The molecule has 0 saturated carbocycles. The van der Waals surface area contributed by atoms with Crippen molar-refractivity contribution < 1.29 is 22.8 Å². The molecule has 10 heteroatoms. The molecule has 1 atom stereocenters. The molecule has 29 heavy (non-hydrogen) atoms. The van der Waals surface area contributed by atoms with Crippen LogP contribution in [0.15, 0.2) is 18.3 Å². The van der Waals surface area contributed by atoms with Gasteiger partial charge in [-0.25, -0.2) is 9.78 Å². The molecule has 0 bridgehead atoms. The molecular formula is C19H26F3N5O2. The van der Waals surface area contributed by atoms with E-state index in [1.54, 1.807) is 6.20 Å². The Hall–Kier alpha value is -2.52. The number of aromatic nitrogens is 1. The molecule has 1 aromatic rings. The summed E-state index contributed by atoms with van der Waals surface area (Å²) in [6.45, 7) is 1.17. The number of alkyl halides is 3. The summed E-state index contributed by atoms with van der Waals surface area (Å²) in [6.07, 6.45) is 1.72. The number of pyridine rings is 1. The Balaban J connectivity index is 1.49. The van der Waals surface area contributed by atoms with E-state index < -0.39 is 30.7 Å². The third kappa shape index (κ3) is 5.98. The number of nitrogens with zero attached hydrogens (tertiary/aromatic N) is 3. The number of piperidine rings is 1. The van der Waals surface area contributed by atoms with Gasteiger partial charge in [0.05, 0.1) is 0 Å². The number of carbonyl (C=O) groups excluding carboxylic acids is 2. The Morgan fingerprint density at radius 3 is 2.48 bits per heavy atom. The molecule has 3 rings (SSSR count). The van der Waals surface area contributed by atoms with Gasteiger partial charge in [0.15, 0.2) is 0 Å². The largest absolute Gasteiger partial charge is 0.405 e. The molecule has 0 aromatic carbocycles. The summed E-state index contributed by atoms with van der Waals surface area (Å²) < 4.78 is 36.9. The molecule has 2 saturated heterocycles. The normalized spacial score (nSPS) is 19.9. The first kappa shape index (κ1) is 21.2. The van der Waals surface area contributed by atoms with Gasteiger partial charge < -0.3 is 20.4 Å². The third-order valence-corrected chi connectivity index (χ3v) is 5.21. The van der Waals surface area contributed by atoms with E-state index >= 15 is 0 Å². The second-order valence-corrected chi connectivity index (χ2v) is 7.42. The number of carbonyl (C=O) groups is 2. The van der Waals surface area contributed by atoms with E-state index in [2.05, 4.69) is 15.2 Å². The average molecular weight is 413 g/mol. The molecule has 7 nitrogen and oxygen atoms in total. The van der Waals surface area contributed by atoms with Crippen LogP contribution in [-0.4, -0.2) is 60.2 Å². The van der Waals surface area contributed by atoms with E-state index in [1.165, 1.54) is 11.3 Å². The maximum absolute atomic E-state index is 12.4. The van der Waals surface area contributed by atoms with E-state index in [-0.39, 0.29) is 6.54 Å². The van der Waals surface area contributed by atoms with Gasteiger partial charge in [-0.2, -0.15) is 13.2 Å². The molecule has 1 aromatic heterocycles. The van der Waals surface area contributed by atoms with Gasteiger partial charge in [0.1, 0.15) is 18.4 Å². The lowest BCUT2D eigenvalue weighted by molar-refractivity contribution is -0.140. The number of anilines is 1. The summed E-state index contributed by atoms with van der Waals surface area (Å²) in [6, 6.07) is 2.48. The molecule has 3 amide bonds. The fraction of sp³-hybridized carbons (Fsp3) is 0.632. The smallest absolute Gasteiger partial charge is 0.357 e. The number of likely N-dealkylation sites (tertiary alicyclic amines) is 1. The lowest BCUT2D eigenvalue weighted by Crippen LogP contribution is -2.50. The maximum atomic E-state index is 12.4. The molecule has 0 spiro atoms. The minimum absolute atomic E-state index is 0.236. The van der Waals surface area contributed by atoms with Gasteiger partial charge in [-0.1, -0.05) is 6.07 Å². The fourth-order valence-electron chi connectivity index (χ4n) is 3.70. The van der Waals surface area contributed by atoms with Crippen molar-refractivity contribution in [2.45, 2.75) is 50.9 Å². The zero-order valence-corrected chi connectivity index (χ0v) is 16.2. The molecule has 3 heterocycles. The number of halogens is 3. The molecule has 2 aliphatic rings. The third-order valence-electron chi connectivity index (χ3n) is 5.21. The number of amides is 3. The predicted octanol–water partition coefficient (Wildman–Crippen LogP) is 2.42. The zero-order chi connectivity index (χ0) is 20.9. The van der Waals surface area contributed by atoms with Gasteiger partial charge >= 0.3 is 12.2 Å². The monoisotopic (exact) mass is 413 g/mol. The van der Waals surface area contributed by atoms with E-state index in [4.69, 9.17) is 0 Å². The van der Waals surface area contributed by atoms with Gasteiger partial charge in [-0.3, -0.25) is 4.79 Å². The number of nitrogens with one attached hydrogen (secondary N) is 2. The van der Waals surface area contributed by atoms with Crippen LogP contribution in [0.1, 0.15) is 37.7 Å². The predicted molar refractivity (Wildman–Crippen MR) is 101 cm³/mol. The van der Waals surface area contributed by atoms with Crippen LogP contribution in [0.5, 0.6) is 0 Å². The maximum Gasteiger partial charge on any atom is 0.405 e. The highest BCUT2D eigenvalue weighted by Gasteiger charge is 2.36. The molecular weight excluding hydrogens is 387 g/mol. The van der Waals surface area contributed by atoms with Crippen LogP contribution in [-0.2, 0) is 11.3 Å². The fourth-order valence-corrected chi connectivity index (χ4v) is 3.70. The van der Waals surface area contributed by atoms with Crippen LogP contribution in [0, 0.1) is 0 Å². The molecule has 2 fully saturated rings. The van der Waals surface area contributed by atoms with Crippen LogP contribution in [0.3, 0.4) is 0 Å². The molecule has 2 N–H and O–H groups in total. The lowest BCUT2D eigenvalue weighted by Gasteiger charge is -2.27. The van der Waals surface area contributed by atoms with Gasteiger partial charge in [0.2, 0.25) is 5.91 Å². The second kappa shape index (κ2) is 9.32. The first-order chi connectivity index (χ1) is 13.8. The summed E-state index contributed by atoms with van der Waals surface area (Å²) in [7, 11) is 0. The Morgan fingerprint density at radius 2 is 1.83 bits per heavy atom. The SMILES string of the molecule is O=C(NCC(F)(F)F)[C@H]1CCCN1C(=O)NCc1ccc(N2CCCCC2)nc1. The summed E-state index contributed by atoms with van der Waals surface area (Å²) in [4.78, 5) is 32.4. The topological polar surface area (TPSA) is 77.6 Å². The van der Waals surface area contributed by atoms with Crippen LogP contribution in [0.25, 0.3) is 0 Å². The van der Waals surface area contributed by atoms with E-state index in [1.807, 2.05) is 17.4 Å². The standard InChI is InChI=1S/C19H26F3N5O2/c20-19(21,22)13-25-17(28)15-5-4-10-27(15)18(29)24-12-14-6-7-16(23-11-14)26-8-2-1-3-9-26/h6-7,11,15H,1-5,8-10,12-13H2,(H,24,29)(H,25,28)/t15-/m1/s1. The van der Waals surface area contributed by atoms with E-state index in [0.29, 0.717) is 19.4 Å². The van der Waals surface area contributed by atoms with Crippen LogP contribution in [0.2, 0.25) is 0 Å². The average Bonchev–Trinajstić information content (AvgIpc) is 3.21. The lowest BCUT2D eigenvalue weighted by atomic mass is 10.1. The zero-order valence-electron chi connectivity index (χ0n) is 16.2. The van der Waals surface area contributed by atoms with Crippen molar-refractivity contribution in [3.63, 3.8) is 0 Å². The molecule has 0 radical (unpaired) electrons. The van der Waals surface area contributed by atoms with Gasteiger partial charge in [-0.15, -0.1) is 0 Å². The molecule has 0 unspecified atom stereocenters. The van der Waals surface area contributed by atoms with Crippen LogP contribution >= 0.6 is 0 Å². The van der Waals surface area contributed by atoms with Crippen molar-refractivity contribution >= 4 is 17.8 Å². The van der Waals surface area contributed by atoms with E-state index in [0.717, 1.165) is 37.3 Å². The first-order valence-corrected chi connectivity index (χ1v) is 9.92. The van der Waals surface area contributed by atoms with Crippen molar-refractivity contribution in [3.8, 4) is 0 Å². The van der Waals surface area contributed by atoms with Crippen molar-refractivity contribution in [3.05, 3.63) is 23.9 Å². The highest BCUT2D eigenvalue weighted by Crippen LogP contribution is 2.20. The highest BCUT2D eigenvalue weighted by molar-refractivity contribution is 5.87. The Bertz CT molecular complexity index is 705. The van der Waals surface area contributed by atoms with Crippen LogP contribution in [0.4, 0.5) is 23.8 Å². The van der Waals surface area contributed by atoms with E-state index in [9.17, 15) is 22.8 Å². The number of hydrogen-bond acceptors (Lipinski definition) is 4. The van der Waals surface area contributed by atoms with Crippen molar-refractivity contribution in [2.24, 2.45) is 0 Å². The summed E-state index contributed by atoms with van der Waals surface area (Å²) in [5.41, 5.74) is 0.816. The van der Waals surface area contributed by atoms with Crippen molar-refractivity contribution in [1.82, 2.24) is 20.5 Å². The summed E-state index contributed by atoms with van der Waals surface area (Å²) >= 11 is 0. The molecule has 2 aliphatic heterocycles. The highest BCUT2D eigenvalue weighted by atomic mass is 19.4. The minimum Gasteiger partial charge on any atom is -0.357 e. The quantitative estimate of drug-likeness (QED) is 0.777. The van der Waals surface area contributed by atoms with Crippen molar-refractivity contribution in [1.29, 1.82) is 0 Å². The number of hydrogen-bond donors (Lipinski definition) is 2. The molecule has 160 valence electrons.